The largest absolute Gasteiger partial charge is 0.465 e. The van der Waals surface area contributed by atoms with Crippen LogP contribution in [-0.4, -0.2) is 59.4 Å². The molecule has 0 saturated carbocycles. The van der Waals surface area contributed by atoms with E-state index >= 15 is 0 Å². The number of ether oxygens (including phenoxy) is 1. The number of carboxylic acid groups (broad SMARTS) is 1. The van der Waals surface area contributed by atoms with Crippen LogP contribution in [0, 0.1) is 0 Å². The van der Waals surface area contributed by atoms with Gasteiger partial charge in [0.1, 0.15) is 12.8 Å². The van der Waals surface area contributed by atoms with Crippen molar-refractivity contribution in [1.82, 2.24) is 9.80 Å². The van der Waals surface area contributed by atoms with Gasteiger partial charge in [0.15, 0.2) is 0 Å². The first-order valence-electron chi connectivity index (χ1n) is 6.54. The van der Waals surface area contributed by atoms with Gasteiger partial charge in [0.2, 0.25) is 0 Å². The minimum Gasteiger partial charge on any atom is -0.465 e. The number of likely N-dealkylation sites (tertiary alicyclic amines) is 1. The molecule has 6 nitrogen and oxygen atoms in total. The van der Waals surface area contributed by atoms with Crippen LogP contribution >= 0.6 is 0 Å². The molecule has 0 aromatic heterocycles. The summed E-state index contributed by atoms with van der Waals surface area (Å²) in [6.07, 6.45) is -3.26. The number of hydrogen-bond donors (Lipinski definition) is 1. The Hall–Kier alpha value is -2.31. The van der Waals surface area contributed by atoms with Gasteiger partial charge in [0.05, 0.1) is 12.6 Å². The normalized spacial score (nSPS) is 21.1. The predicted molar refractivity (Wildman–Crippen MR) is 72.7 cm³/mol. The van der Waals surface area contributed by atoms with E-state index in [4.69, 9.17) is 9.84 Å². The van der Waals surface area contributed by atoms with Gasteiger partial charge >= 0.3 is 12.2 Å². The molecule has 0 bridgehead atoms. The Morgan fingerprint density at radius 2 is 2.05 bits per heavy atom. The number of amides is 2. The van der Waals surface area contributed by atoms with Crippen LogP contribution < -0.4 is 0 Å². The molecule has 1 aromatic carbocycles. The van der Waals surface area contributed by atoms with Gasteiger partial charge in [0.25, 0.3) is 0 Å². The summed E-state index contributed by atoms with van der Waals surface area (Å²) < 4.78 is 18.9. The first-order chi connectivity index (χ1) is 9.99. The molecule has 7 heteroatoms. The number of rotatable bonds is 3. The first-order valence-corrected chi connectivity index (χ1v) is 6.54. The van der Waals surface area contributed by atoms with Crippen LogP contribution in [0.4, 0.5) is 14.0 Å². The van der Waals surface area contributed by atoms with Gasteiger partial charge in [-0.25, -0.2) is 14.0 Å². The summed E-state index contributed by atoms with van der Waals surface area (Å²) in [4.78, 5) is 24.8. The lowest BCUT2D eigenvalue weighted by Crippen LogP contribution is -2.43. The molecule has 21 heavy (non-hydrogen) atoms. The topological polar surface area (TPSA) is 70.1 Å². The van der Waals surface area contributed by atoms with Crippen LogP contribution in [0.5, 0.6) is 0 Å². The Balaban J connectivity index is 1.89. The van der Waals surface area contributed by atoms with E-state index in [0.717, 1.165) is 15.4 Å². The molecule has 0 spiro atoms. The molecule has 1 fully saturated rings. The Morgan fingerprint density at radius 3 is 2.62 bits per heavy atom. The zero-order valence-corrected chi connectivity index (χ0v) is 11.6. The summed E-state index contributed by atoms with van der Waals surface area (Å²) in [5.74, 6) is 0. The predicted octanol–water partition coefficient (Wildman–Crippen LogP) is 1.96. The molecule has 2 rings (SSSR count). The maximum Gasteiger partial charge on any atom is 0.410 e. The molecule has 1 N–H and O–H groups in total. The standard InChI is InChI=1S/C14H17FN2O4/c1-16(12-8-17(13(18)19)7-11(12)15)14(20)21-9-10-5-3-2-4-6-10/h2-6,11-12H,7-9H2,1H3,(H,18,19). The zero-order valence-electron chi connectivity index (χ0n) is 11.6. The molecule has 2 amide bonds. The maximum atomic E-state index is 13.8. The minimum absolute atomic E-state index is 0.0482. The number of carbonyl (C=O) groups is 2. The molecule has 1 aliphatic heterocycles. The second kappa shape index (κ2) is 6.43. The lowest BCUT2D eigenvalue weighted by molar-refractivity contribution is 0.0805. The van der Waals surface area contributed by atoms with Crippen molar-refractivity contribution < 1.29 is 23.8 Å². The fourth-order valence-corrected chi connectivity index (χ4v) is 2.22. The van der Waals surface area contributed by atoms with Crippen LogP contribution in [0.15, 0.2) is 30.3 Å². The van der Waals surface area contributed by atoms with Crippen molar-refractivity contribution in [2.45, 2.75) is 18.8 Å². The van der Waals surface area contributed by atoms with Crippen molar-refractivity contribution in [1.29, 1.82) is 0 Å². The van der Waals surface area contributed by atoms with Gasteiger partial charge in [-0.2, -0.15) is 0 Å². The Kier molecular flexibility index (Phi) is 4.62. The molecule has 0 radical (unpaired) electrons. The number of carbonyl (C=O) groups excluding carboxylic acids is 1. The highest BCUT2D eigenvalue weighted by molar-refractivity contribution is 5.69. The van der Waals surface area contributed by atoms with Crippen LogP contribution in [0.2, 0.25) is 0 Å². The fraction of sp³-hybridized carbons (Fsp3) is 0.429. The third kappa shape index (κ3) is 3.62. The summed E-state index contributed by atoms with van der Waals surface area (Å²) in [6, 6.07) is 8.31. The molecule has 1 aromatic rings. The van der Waals surface area contributed by atoms with E-state index in [2.05, 4.69) is 0 Å². The van der Waals surface area contributed by atoms with Crippen molar-refractivity contribution in [3.63, 3.8) is 0 Å². The SMILES string of the molecule is CN(C(=O)OCc1ccccc1)C1CN(C(=O)O)CC1F. The molecule has 2 atom stereocenters. The average molecular weight is 296 g/mol. The summed E-state index contributed by atoms with van der Waals surface area (Å²) in [7, 11) is 1.41. The highest BCUT2D eigenvalue weighted by atomic mass is 19.1. The molecule has 1 aliphatic rings. The number of hydrogen-bond acceptors (Lipinski definition) is 3. The zero-order chi connectivity index (χ0) is 15.4. The van der Waals surface area contributed by atoms with E-state index in [1.807, 2.05) is 30.3 Å². The highest BCUT2D eigenvalue weighted by Crippen LogP contribution is 2.19. The molecule has 2 unspecified atom stereocenters. The van der Waals surface area contributed by atoms with Crippen molar-refractivity contribution >= 4 is 12.2 Å². The van der Waals surface area contributed by atoms with E-state index in [1.54, 1.807) is 0 Å². The minimum atomic E-state index is -1.41. The first kappa shape index (κ1) is 15.1. The Morgan fingerprint density at radius 1 is 1.38 bits per heavy atom. The van der Waals surface area contributed by atoms with Crippen molar-refractivity contribution in [2.75, 3.05) is 20.1 Å². The van der Waals surface area contributed by atoms with Gasteiger partial charge < -0.3 is 19.6 Å². The monoisotopic (exact) mass is 296 g/mol. The molecule has 114 valence electrons. The van der Waals surface area contributed by atoms with E-state index in [9.17, 15) is 14.0 Å². The van der Waals surface area contributed by atoms with Gasteiger partial charge in [0, 0.05) is 13.6 Å². The fourth-order valence-electron chi connectivity index (χ4n) is 2.22. The van der Waals surface area contributed by atoms with Crippen molar-refractivity contribution in [3.8, 4) is 0 Å². The van der Waals surface area contributed by atoms with Crippen LogP contribution in [0.3, 0.4) is 0 Å². The number of benzene rings is 1. The maximum absolute atomic E-state index is 13.8. The second-order valence-electron chi connectivity index (χ2n) is 4.92. The lowest BCUT2D eigenvalue weighted by Gasteiger charge is -2.24. The van der Waals surface area contributed by atoms with Gasteiger partial charge in [-0.05, 0) is 5.56 Å². The van der Waals surface area contributed by atoms with Crippen molar-refractivity contribution in [3.05, 3.63) is 35.9 Å². The molecule has 1 saturated heterocycles. The smallest absolute Gasteiger partial charge is 0.410 e. The van der Waals surface area contributed by atoms with E-state index in [0.29, 0.717) is 0 Å². The Bertz CT molecular complexity index is 511. The van der Waals surface area contributed by atoms with Crippen molar-refractivity contribution in [2.24, 2.45) is 0 Å². The van der Waals surface area contributed by atoms with E-state index in [-0.39, 0.29) is 19.7 Å². The average Bonchev–Trinajstić information content (AvgIpc) is 2.87. The van der Waals surface area contributed by atoms with Gasteiger partial charge in [-0.1, -0.05) is 30.3 Å². The van der Waals surface area contributed by atoms with E-state index < -0.39 is 24.4 Å². The number of alkyl halides is 1. The molecule has 1 heterocycles. The quantitative estimate of drug-likeness (QED) is 0.925. The second-order valence-corrected chi connectivity index (χ2v) is 4.92. The third-order valence-corrected chi connectivity index (χ3v) is 3.48. The van der Waals surface area contributed by atoms with Crippen LogP contribution in [-0.2, 0) is 11.3 Å². The summed E-state index contributed by atoms with van der Waals surface area (Å²) in [5, 5.41) is 8.85. The third-order valence-electron chi connectivity index (χ3n) is 3.48. The summed E-state index contributed by atoms with van der Waals surface area (Å²) in [6.45, 7) is -0.180. The number of nitrogens with zero attached hydrogens (tertiary/aromatic N) is 2. The number of likely N-dealkylation sites (N-methyl/N-ethyl adjacent to an activating group) is 1. The van der Waals surface area contributed by atoms with Gasteiger partial charge in [-0.3, -0.25) is 0 Å². The molecular formula is C14H17FN2O4. The van der Waals surface area contributed by atoms with Crippen LogP contribution in [0.1, 0.15) is 5.56 Å². The van der Waals surface area contributed by atoms with E-state index in [1.165, 1.54) is 7.05 Å². The Labute approximate surface area is 121 Å². The van der Waals surface area contributed by atoms with Crippen LogP contribution in [0.25, 0.3) is 0 Å². The molecule has 0 aliphatic carbocycles. The highest BCUT2D eigenvalue weighted by Gasteiger charge is 2.40. The summed E-state index contributed by atoms with van der Waals surface area (Å²) in [5.41, 5.74) is 0.828. The number of halogens is 1. The lowest BCUT2D eigenvalue weighted by atomic mass is 10.2. The molecular weight excluding hydrogens is 279 g/mol. The summed E-state index contributed by atoms with van der Waals surface area (Å²) >= 11 is 0. The van der Waals surface area contributed by atoms with Gasteiger partial charge in [-0.15, -0.1) is 0 Å².